The molecule has 2 heterocycles. The van der Waals surface area contributed by atoms with Crippen LogP contribution in [0.25, 0.3) is 22.2 Å². The van der Waals surface area contributed by atoms with Crippen LogP contribution in [0.15, 0.2) is 78.9 Å². The number of amides is 1. The molecular weight excluding hydrogens is 464 g/mol. The van der Waals surface area contributed by atoms with Crippen molar-refractivity contribution in [1.29, 1.82) is 5.26 Å². The van der Waals surface area contributed by atoms with Crippen LogP contribution >= 0.6 is 0 Å². The average Bonchev–Trinajstić information content (AvgIpc) is 2.97. The van der Waals surface area contributed by atoms with Crippen molar-refractivity contribution in [2.75, 3.05) is 40.4 Å². The lowest BCUT2D eigenvalue weighted by atomic mass is 10.0. The zero-order valence-electron chi connectivity index (χ0n) is 20.9. The van der Waals surface area contributed by atoms with E-state index < -0.39 is 0 Å². The second kappa shape index (κ2) is 10.7. The highest BCUT2D eigenvalue weighted by Crippen LogP contribution is 2.33. The van der Waals surface area contributed by atoms with Crippen molar-refractivity contribution in [2.24, 2.45) is 0 Å². The van der Waals surface area contributed by atoms with Gasteiger partial charge in [-0.25, -0.2) is 4.98 Å². The Morgan fingerprint density at radius 1 is 0.892 bits per heavy atom. The Morgan fingerprint density at radius 2 is 1.59 bits per heavy atom. The third kappa shape index (κ3) is 4.84. The van der Waals surface area contributed by atoms with Gasteiger partial charge in [-0.3, -0.25) is 9.69 Å². The number of nitrogens with zero attached hydrogens (tertiary/aromatic N) is 4. The Morgan fingerprint density at radius 3 is 2.30 bits per heavy atom. The predicted molar refractivity (Wildman–Crippen MR) is 143 cm³/mol. The van der Waals surface area contributed by atoms with Crippen LogP contribution in [0, 0.1) is 11.3 Å². The summed E-state index contributed by atoms with van der Waals surface area (Å²) in [6.07, 6.45) is 0. The van der Waals surface area contributed by atoms with E-state index in [0.29, 0.717) is 48.9 Å². The van der Waals surface area contributed by atoms with E-state index >= 15 is 0 Å². The van der Waals surface area contributed by atoms with Crippen molar-refractivity contribution in [2.45, 2.75) is 6.04 Å². The van der Waals surface area contributed by atoms with Crippen molar-refractivity contribution in [3.05, 3.63) is 90.0 Å². The molecule has 0 aliphatic carbocycles. The number of ether oxygens (including phenoxy) is 2. The lowest BCUT2D eigenvalue weighted by molar-refractivity contribution is 0.0608. The van der Waals surface area contributed by atoms with E-state index in [2.05, 4.69) is 11.0 Å². The SMILES string of the molecule is COc1ccc(-c2cc(C(=O)N3CCN(C(C#N)c4ccccc4)CC3)c3ccccc3n2)cc1OC. The van der Waals surface area contributed by atoms with Gasteiger partial charge in [-0.05, 0) is 35.9 Å². The minimum atomic E-state index is -0.322. The number of carbonyl (C=O) groups excluding carboxylic acids is 1. The fourth-order valence-corrected chi connectivity index (χ4v) is 4.85. The van der Waals surface area contributed by atoms with E-state index in [4.69, 9.17) is 14.5 Å². The molecule has 0 spiro atoms. The number of hydrogen-bond donors (Lipinski definition) is 0. The summed E-state index contributed by atoms with van der Waals surface area (Å²) < 4.78 is 10.8. The summed E-state index contributed by atoms with van der Waals surface area (Å²) in [5.41, 5.74) is 3.87. The molecule has 1 unspecified atom stereocenters. The Labute approximate surface area is 216 Å². The number of fused-ring (bicyclic) bond motifs is 1. The lowest BCUT2D eigenvalue weighted by Crippen LogP contribution is -2.49. The zero-order valence-corrected chi connectivity index (χ0v) is 20.9. The molecule has 7 nitrogen and oxygen atoms in total. The third-order valence-electron chi connectivity index (χ3n) is 6.83. The van der Waals surface area contributed by atoms with Crippen molar-refractivity contribution < 1.29 is 14.3 Å². The van der Waals surface area contributed by atoms with Crippen molar-refractivity contribution in [3.63, 3.8) is 0 Å². The smallest absolute Gasteiger partial charge is 0.254 e. The van der Waals surface area contributed by atoms with Gasteiger partial charge in [0.05, 0.1) is 37.1 Å². The van der Waals surface area contributed by atoms with Crippen molar-refractivity contribution in [1.82, 2.24) is 14.8 Å². The molecular formula is C30H28N4O3. The van der Waals surface area contributed by atoms with Gasteiger partial charge in [0.2, 0.25) is 0 Å². The summed E-state index contributed by atoms with van der Waals surface area (Å²) in [4.78, 5) is 22.6. The van der Waals surface area contributed by atoms with Crippen LogP contribution in [-0.4, -0.2) is 61.1 Å². The van der Waals surface area contributed by atoms with Gasteiger partial charge >= 0.3 is 0 Å². The summed E-state index contributed by atoms with van der Waals surface area (Å²) in [6.45, 7) is 2.35. The topological polar surface area (TPSA) is 78.7 Å². The zero-order chi connectivity index (χ0) is 25.8. The summed E-state index contributed by atoms with van der Waals surface area (Å²) in [5, 5.41) is 10.6. The van der Waals surface area contributed by atoms with Crippen molar-refractivity contribution >= 4 is 16.8 Å². The lowest BCUT2D eigenvalue weighted by Gasteiger charge is -2.37. The van der Waals surface area contributed by atoms with Crippen molar-refractivity contribution in [3.8, 4) is 28.8 Å². The number of benzene rings is 3. The quantitative estimate of drug-likeness (QED) is 0.379. The Kier molecular flexibility index (Phi) is 7.02. The molecule has 5 rings (SSSR count). The number of para-hydroxylation sites is 1. The molecule has 4 aromatic rings. The number of piperazine rings is 1. The second-order valence-corrected chi connectivity index (χ2v) is 8.91. The van der Waals surface area contributed by atoms with Crippen LogP contribution in [0.2, 0.25) is 0 Å². The normalized spacial score (nSPS) is 14.7. The number of hydrogen-bond acceptors (Lipinski definition) is 6. The highest BCUT2D eigenvalue weighted by molar-refractivity contribution is 6.07. The molecule has 1 aliphatic rings. The largest absolute Gasteiger partial charge is 0.493 e. The molecule has 1 atom stereocenters. The maximum atomic E-state index is 13.8. The number of carbonyl (C=O) groups is 1. The predicted octanol–water partition coefficient (Wildman–Crippen LogP) is 4.94. The van der Waals surface area contributed by atoms with E-state index in [9.17, 15) is 10.1 Å². The Balaban J connectivity index is 1.43. The molecule has 0 saturated carbocycles. The summed E-state index contributed by atoms with van der Waals surface area (Å²) >= 11 is 0. The Bertz CT molecular complexity index is 1460. The van der Waals surface area contributed by atoms with Crippen LogP contribution < -0.4 is 9.47 Å². The van der Waals surface area contributed by atoms with Gasteiger partial charge in [-0.1, -0.05) is 48.5 Å². The van der Waals surface area contributed by atoms with E-state index in [1.165, 1.54) is 0 Å². The first-order valence-electron chi connectivity index (χ1n) is 12.2. The molecule has 37 heavy (non-hydrogen) atoms. The maximum absolute atomic E-state index is 13.8. The first-order valence-corrected chi connectivity index (χ1v) is 12.2. The second-order valence-electron chi connectivity index (χ2n) is 8.91. The van der Waals surface area contributed by atoms with Gasteiger partial charge in [0.15, 0.2) is 11.5 Å². The van der Waals surface area contributed by atoms with Crippen LogP contribution in [-0.2, 0) is 0 Å². The maximum Gasteiger partial charge on any atom is 0.254 e. The standard InChI is InChI=1S/C30H28N4O3/c1-36-28-13-12-22(18-29(28)37-2)26-19-24(23-10-6-7-11-25(23)32-26)30(35)34-16-14-33(15-17-34)27(20-31)21-8-4-3-5-9-21/h3-13,18-19,27H,14-17H2,1-2H3. The van der Waals surface area contributed by atoms with Crippen LogP contribution in [0.1, 0.15) is 22.0 Å². The van der Waals surface area contributed by atoms with E-state index in [1.54, 1.807) is 14.2 Å². The number of aromatic nitrogens is 1. The number of pyridine rings is 1. The molecule has 1 amide bonds. The molecule has 0 radical (unpaired) electrons. The van der Waals surface area contributed by atoms with Gasteiger partial charge in [-0.15, -0.1) is 0 Å². The minimum Gasteiger partial charge on any atom is -0.493 e. The first kappa shape index (κ1) is 24.3. The molecule has 1 saturated heterocycles. The van der Waals surface area contributed by atoms with Gasteiger partial charge in [0.25, 0.3) is 5.91 Å². The van der Waals surface area contributed by atoms with E-state index in [-0.39, 0.29) is 11.9 Å². The molecule has 7 heteroatoms. The van der Waals surface area contributed by atoms with Gasteiger partial charge in [0.1, 0.15) is 6.04 Å². The summed E-state index contributed by atoms with van der Waals surface area (Å²) in [7, 11) is 3.19. The van der Waals surface area contributed by atoms with Gasteiger partial charge in [0, 0.05) is 37.1 Å². The summed E-state index contributed by atoms with van der Waals surface area (Å²) in [5.74, 6) is 1.20. The molecule has 0 bridgehead atoms. The number of methoxy groups -OCH3 is 2. The van der Waals surface area contributed by atoms with Crippen LogP contribution in [0.4, 0.5) is 0 Å². The molecule has 0 N–H and O–H groups in total. The fraction of sp³-hybridized carbons (Fsp3) is 0.233. The van der Waals surface area contributed by atoms with E-state index in [1.807, 2.05) is 83.8 Å². The third-order valence-corrected chi connectivity index (χ3v) is 6.83. The highest BCUT2D eigenvalue weighted by atomic mass is 16.5. The molecule has 1 aliphatic heterocycles. The highest BCUT2D eigenvalue weighted by Gasteiger charge is 2.28. The molecule has 1 fully saturated rings. The Hall–Kier alpha value is -4.41. The number of rotatable bonds is 6. The molecule has 186 valence electrons. The molecule has 1 aromatic heterocycles. The van der Waals surface area contributed by atoms with Gasteiger partial charge < -0.3 is 14.4 Å². The first-order chi connectivity index (χ1) is 18.1. The monoisotopic (exact) mass is 492 g/mol. The van der Waals surface area contributed by atoms with Gasteiger partial charge in [-0.2, -0.15) is 5.26 Å². The molecule has 3 aromatic carbocycles. The minimum absolute atomic E-state index is 0.0341. The van der Waals surface area contributed by atoms with Crippen LogP contribution in [0.5, 0.6) is 11.5 Å². The number of nitriles is 1. The summed E-state index contributed by atoms with van der Waals surface area (Å²) in [6, 6.07) is 27.1. The average molecular weight is 493 g/mol. The van der Waals surface area contributed by atoms with E-state index in [0.717, 1.165) is 22.0 Å². The fourth-order valence-electron chi connectivity index (χ4n) is 4.85. The van der Waals surface area contributed by atoms with Crippen LogP contribution in [0.3, 0.4) is 0 Å².